The molecule has 89 heavy (non-hydrogen) atoms. The van der Waals surface area contributed by atoms with Crippen LogP contribution in [0.15, 0.2) is 84.9 Å². The highest BCUT2D eigenvalue weighted by Crippen LogP contribution is 2.42. The number of ether oxygens (including phenoxy) is 6. The molecule has 0 saturated heterocycles. The van der Waals surface area contributed by atoms with Crippen molar-refractivity contribution >= 4 is 17.9 Å². The largest absolute Gasteiger partial charge is 0.482 e. The second-order valence-electron chi connectivity index (χ2n) is 30.7. The molecule has 6 rings (SSSR count). The smallest absolute Gasteiger partial charge is 0.344 e. The van der Waals surface area contributed by atoms with Gasteiger partial charge in [0, 0.05) is 32.1 Å². The van der Waals surface area contributed by atoms with E-state index in [9.17, 15) is 14.4 Å². The second kappa shape index (κ2) is 28.5. The molecular weight excluding hydrogens is 1100 g/mol. The van der Waals surface area contributed by atoms with Gasteiger partial charge < -0.3 is 28.4 Å². The molecule has 9 nitrogen and oxygen atoms in total. The lowest BCUT2D eigenvalue weighted by molar-refractivity contribution is -0.146. The first-order valence-electron chi connectivity index (χ1n) is 32.4. The van der Waals surface area contributed by atoms with Crippen LogP contribution in [0.2, 0.25) is 0 Å². The summed E-state index contributed by atoms with van der Waals surface area (Å²) in [4.78, 5) is 39.4. The summed E-state index contributed by atoms with van der Waals surface area (Å²) >= 11 is 0. The van der Waals surface area contributed by atoms with Gasteiger partial charge in [-0.05, 0) is 186 Å². The Bertz CT molecular complexity index is 3500. The predicted molar refractivity (Wildman–Crippen MR) is 365 cm³/mol. The van der Waals surface area contributed by atoms with Crippen molar-refractivity contribution in [2.45, 2.75) is 231 Å². The third kappa shape index (κ3) is 19.1. The normalized spacial score (nSPS) is 12.4. The Morgan fingerprint density at radius 2 is 0.551 bits per heavy atom. The van der Waals surface area contributed by atoms with E-state index >= 15 is 0 Å². The summed E-state index contributed by atoms with van der Waals surface area (Å²) in [6.45, 7) is 52.6. The maximum atomic E-state index is 13.5. The molecule has 482 valence electrons. The van der Waals surface area contributed by atoms with Crippen LogP contribution >= 0.6 is 0 Å². The van der Waals surface area contributed by atoms with E-state index in [0.29, 0.717) is 49.4 Å². The fraction of sp³-hybridized carbons (Fsp3) is 0.512. The first-order valence-corrected chi connectivity index (χ1v) is 32.4. The summed E-state index contributed by atoms with van der Waals surface area (Å²) in [7, 11) is 0. The Balaban J connectivity index is 1.59. The average molecular weight is 1210 g/mol. The number of aryl methyl sites for hydroxylation is 1. The van der Waals surface area contributed by atoms with Gasteiger partial charge in [-0.15, -0.1) is 0 Å². The molecule has 0 bridgehead atoms. The predicted octanol–water partition coefficient (Wildman–Crippen LogP) is 18.2. The van der Waals surface area contributed by atoms with Crippen LogP contribution in [-0.2, 0) is 93.2 Å². The van der Waals surface area contributed by atoms with Gasteiger partial charge in [-0.1, -0.05) is 203 Å². The zero-order valence-corrected chi connectivity index (χ0v) is 59.0. The van der Waals surface area contributed by atoms with Crippen LogP contribution in [0, 0.1) is 20.8 Å². The minimum atomic E-state index is -0.431. The molecule has 6 aromatic carbocycles. The summed E-state index contributed by atoms with van der Waals surface area (Å²) in [5.74, 6) is 0.785. The van der Waals surface area contributed by atoms with Crippen LogP contribution in [0.4, 0.5) is 0 Å². The standard InChI is InChI=1S/C80H108O9/c1-25-84-70(81)47-87-69-31-30-64(76(10,11)12)42-58(69)33-54-38-65(77(13,14)15)39-55(51(54)5)34-61-45-68(80(22,23)24)46-62(74(61)89-49-72(83)86-27-3)36-57-41-66(78(16,17)18)40-56(52(57)6)35-60-44-67(79(19,20)21)43-59(73(60)88-48-71(82)85-26-2)32-53-37-63(75(7,8)9)29-28-50(53)4/h28-31,37-46H,25-27,32-36,47-49H2,1-24H3. The fourth-order valence-corrected chi connectivity index (χ4v) is 11.2. The van der Waals surface area contributed by atoms with Gasteiger partial charge in [0.15, 0.2) is 19.8 Å². The van der Waals surface area contributed by atoms with E-state index in [1.807, 2.05) is 19.9 Å². The highest BCUT2D eigenvalue weighted by atomic mass is 16.6. The lowest BCUT2D eigenvalue weighted by atomic mass is 9.78. The Hall–Kier alpha value is -6.87. The van der Waals surface area contributed by atoms with E-state index in [-0.39, 0.29) is 72.1 Å². The molecule has 0 aliphatic rings. The molecule has 0 atom stereocenters. The van der Waals surface area contributed by atoms with Crippen LogP contribution in [-0.4, -0.2) is 57.5 Å². The molecule has 0 radical (unpaired) electrons. The maximum Gasteiger partial charge on any atom is 0.344 e. The van der Waals surface area contributed by atoms with Crippen molar-refractivity contribution in [3.05, 3.63) is 191 Å². The first-order chi connectivity index (χ1) is 41.2. The number of carbonyl (C=O) groups is 3. The fourth-order valence-electron chi connectivity index (χ4n) is 11.2. The van der Waals surface area contributed by atoms with Gasteiger partial charge in [0.1, 0.15) is 17.2 Å². The van der Waals surface area contributed by atoms with Gasteiger partial charge in [-0.25, -0.2) is 14.4 Å². The molecule has 0 unspecified atom stereocenters. The van der Waals surface area contributed by atoms with Crippen molar-refractivity contribution in [2.75, 3.05) is 39.6 Å². The van der Waals surface area contributed by atoms with Crippen molar-refractivity contribution in [2.24, 2.45) is 0 Å². The number of hydrogen-bond donors (Lipinski definition) is 0. The third-order valence-corrected chi connectivity index (χ3v) is 17.2. The van der Waals surface area contributed by atoms with Crippen LogP contribution in [0.25, 0.3) is 0 Å². The Kier molecular flexibility index (Phi) is 22.8. The number of rotatable bonds is 22. The summed E-state index contributed by atoms with van der Waals surface area (Å²) < 4.78 is 36.2. The number of hydrogen-bond acceptors (Lipinski definition) is 9. The zero-order valence-electron chi connectivity index (χ0n) is 59.0. The minimum absolute atomic E-state index is 0.0424. The van der Waals surface area contributed by atoms with E-state index in [1.54, 1.807) is 6.92 Å². The first kappa shape index (κ1) is 71.2. The zero-order chi connectivity index (χ0) is 66.4. The highest BCUT2D eigenvalue weighted by Gasteiger charge is 2.29. The van der Waals surface area contributed by atoms with Crippen molar-refractivity contribution in [3.63, 3.8) is 0 Å². The van der Waals surface area contributed by atoms with E-state index in [2.05, 4.69) is 224 Å². The number of benzene rings is 6. The van der Waals surface area contributed by atoms with Gasteiger partial charge in [-0.2, -0.15) is 0 Å². The van der Waals surface area contributed by atoms with Gasteiger partial charge in [-0.3, -0.25) is 0 Å². The van der Waals surface area contributed by atoms with Crippen LogP contribution in [0.1, 0.15) is 251 Å². The molecule has 6 aromatic rings. The monoisotopic (exact) mass is 1210 g/mol. The Morgan fingerprint density at radius 3 is 0.854 bits per heavy atom. The lowest BCUT2D eigenvalue weighted by Gasteiger charge is -2.28. The van der Waals surface area contributed by atoms with E-state index in [4.69, 9.17) is 28.4 Å². The summed E-state index contributed by atoms with van der Waals surface area (Å²) in [5.41, 5.74) is 20.4. The molecule has 0 aromatic heterocycles. The highest BCUT2D eigenvalue weighted by molar-refractivity contribution is 5.72. The van der Waals surface area contributed by atoms with Crippen molar-refractivity contribution in [3.8, 4) is 17.2 Å². The molecule has 0 aliphatic carbocycles. The quantitative estimate of drug-likeness (QED) is 0.0485. The van der Waals surface area contributed by atoms with Crippen LogP contribution < -0.4 is 14.2 Å². The second-order valence-corrected chi connectivity index (χ2v) is 30.7. The Morgan fingerprint density at radius 1 is 0.303 bits per heavy atom. The van der Waals surface area contributed by atoms with Crippen molar-refractivity contribution in [1.29, 1.82) is 0 Å². The number of esters is 3. The van der Waals surface area contributed by atoms with Gasteiger partial charge in [0.25, 0.3) is 0 Å². The topological polar surface area (TPSA) is 107 Å². The van der Waals surface area contributed by atoms with Gasteiger partial charge in [0.2, 0.25) is 0 Å². The number of carbonyl (C=O) groups excluding carboxylic acids is 3. The van der Waals surface area contributed by atoms with Crippen molar-refractivity contribution < 1.29 is 42.8 Å². The molecule has 9 heteroatoms. The summed E-state index contributed by atoms with van der Waals surface area (Å²) in [5, 5.41) is 0. The van der Waals surface area contributed by atoms with E-state index in [1.165, 1.54) is 38.9 Å². The van der Waals surface area contributed by atoms with Crippen molar-refractivity contribution in [1.82, 2.24) is 0 Å². The maximum absolute atomic E-state index is 13.5. The van der Waals surface area contributed by atoms with E-state index in [0.717, 1.165) is 66.8 Å². The molecule has 0 heterocycles. The molecule has 0 spiro atoms. The van der Waals surface area contributed by atoms with Crippen LogP contribution in [0.5, 0.6) is 17.2 Å². The van der Waals surface area contributed by atoms with E-state index < -0.39 is 17.9 Å². The average Bonchev–Trinajstić information content (AvgIpc) is 1.14. The molecule has 0 aliphatic heterocycles. The third-order valence-electron chi connectivity index (χ3n) is 17.2. The summed E-state index contributed by atoms with van der Waals surface area (Å²) in [6.07, 6.45) is 2.79. The molecule has 0 fully saturated rings. The minimum Gasteiger partial charge on any atom is -0.482 e. The van der Waals surface area contributed by atoms with Gasteiger partial charge >= 0.3 is 17.9 Å². The summed E-state index contributed by atoms with van der Waals surface area (Å²) in [6, 6.07) is 31.6. The van der Waals surface area contributed by atoms with Crippen LogP contribution in [0.3, 0.4) is 0 Å². The Labute approximate surface area is 536 Å². The molecule has 0 N–H and O–H groups in total. The molecule has 0 saturated carbocycles. The lowest BCUT2D eigenvalue weighted by Crippen LogP contribution is -2.19. The SMILES string of the molecule is CCOC(=O)COc1ccc(C(C)(C)C)cc1Cc1cc(C(C)(C)C)cc(Cc2cc(C(C)(C)C)cc(Cc3cc(C(C)(C)C)cc(Cc4cc(C(C)(C)C)cc(Cc5cc(C(C)(C)C)ccc5C)c4OCC(=O)OCC)c3C)c2OCC(=O)OCC)c1C. The molecular formula is C80H108O9. The molecule has 0 amide bonds. The van der Waals surface area contributed by atoms with Gasteiger partial charge in [0.05, 0.1) is 19.8 Å².